The predicted molar refractivity (Wildman–Crippen MR) is 135 cm³/mol. The maximum absolute atomic E-state index is 14.2. The van der Waals surface area contributed by atoms with Gasteiger partial charge in [0.15, 0.2) is 17.2 Å². The van der Waals surface area contributed by atoms with E-state index in [4.69, 9.17) is 0 Å². The summed E-state index contributed by atoms with van der Waals surface area (Å²) in [6, 6.07) is 7.59. The highest BCUT2D eigenvalue weighted by Gasteiger charge is 2.39. The van der Waals surface area contributed by atoms with Crippen LogP contribution >= 0.6 is 0 Å². The monoisotopic (exact) mass is 526 g/mol. The summed E-state index contributed by atoms with van der Waals surface area (Å²) < 4.78 is 44.1. The average molecular weight is 527 g/mol. The highest BCUT2D eigenvalue weighted by atomic mass is 19.4. The molecule has 0 radical (unpaired) electrons. The Kier molecular flexibility index (Phi) is 6.39. The number of benzene rings is 1. The number of nitrogens with one attached hydrogen (secondary N) is 2. The van der Waals surface area contributed by atoms with E-state index in [-0.39, 0.29) is 11.1 Å². The minimum Gasteiger partial charge on any atom is -0.476 e. The van der Waals surface area contributed by atoms with Crippen molar-refractivity contribution < 1.29 is 23.1 Å². The lowest BCUT2D eigenvalue weighted by molar-refractivity contribution is -0.140. The van der Waals surface area contributed by atoms with E-state index in [1.54, 1.807) is 23.7 Å². The van der Waals surface area contributed by atoms with Crippen LogP contribution in [0.4, 0.5) is 30.4 Å². The lowest BCUT2D eigenvalue weighted by atomic mass is 10.1. The number of halogens is 3. The summed E-state index contributed by atoms with van der Waals surface area (Å²) >= 11 is 0. The lowest BCUT2D eigenvalue weighted by Gasteiger charge is -2.37. The third kappa shape index (κ3) is 4.84. The molecular weight excluding hydrogens is 501 g/mol. The number of piperazine rings is 1. The quantitative estimate of drug-likeness (QED) is 0.353. The van der Waals surface area contributed by atoms with Crippen molar-refractivity contribution in [2.75, 3.05) is 23.3 Å². The molecule has 3 N–H and O–H groups in total. The first kappa shape index (κ1) is 25.4. The first-order valence-electron chi connectivity index (χ1n) is 11.9. The van der Waals surface area contributed by atoms with Crippen LogP contribution in [0.1, 0.15) is 30.0 Å². The second-order valence-electron chi connectivity index (χ2n) is 9.38. The van der Waals surface area contributed by atoms with Crippen LogP contribution in [0.5, 0.6) is 0 Å². The standard InChI is InChI=1S/C25H25F3N8O2/c1-13-10-36(11-14(2)31-13)16-6-4-15(5-7-16)32-23-21(24(37)38)33-20(22(34-23)25(26,27)28)17-8-29-9-18-19(17)30-12-35(18)3/h4-9,12-14,31H,10-11H2,1-3H3,(H,32,34)(H,37,38)/t13-,14+. The van der Waals surface area contributed by atoms with Crippen LogP contribution in [0.3, 0.4) is 0 Å². The van der Waals surface area contributed by atoms with Gasteiger partial charge in [-0.3, -0.25) is 4.98 Å². The van der Waals surface area contributed by atoms with Crippen LogP contribution in [-0.4, -0.2) is 60.8 Å². The normalized spacial score (nSPS) is 18.1. The van der Waals surface area contributed by atoms with Gasteiger partial charge >= 0.3 is 12.1 Å². The van der Waals surface area contributed by atoms with Crippen molar-refractivity contribution in [3.05, 3.63) is 54.4 Å². The van der Waals surface area contributed by atoms with Crippen molar-refractivity contribution in [2.24, 2.45) is 7.05 Å². The van der Waals surface area contributed by atoms with Crippen LogP contribution in [0, 0.1) is 0 Å². The number of pyridine rings is 1. The molecule has 1 aliphatic heterocycles. The number of carboxylic acids is 1. The molecule has 3 aromatic heterocycles. The predicted octanol–water partition coefficient (Wildman–Crippen LogP) is 4.07. The summed E-state index contributed by atoms with van der Waals surface area (Å²) in [5.74, 6) is -2.05. The maximum Gasteiger partial charge on any atom is 0.435 e. The zero-order valence-electron chi connectivity index (χ0n) is 20.8. The summed E-state index contributed by atoms with van der Waals surface area (Å²) in [5, 5.41) is 16.0. The Morgan fingerprint density at radius 2 is 1.79 bits per heavy atom. The maximum atomic E-state index is 14.2. The second kappa shape index (κ2) is 9.56. The van der Waals surface area contributed by atoms with Crippen molar-refractivity contribution in [3.63, 3.8) is 0 Å². The Labute approximate surface area is 215 Å². The molecule has 1 aromatic carbocycles. The molecule has 0 unspecified atom stereocenters. The summed E-state index contributed by atoms with van der Waals surface area (Å²) in [7, 11) is 1.67. The number of nitrogens with zero attached hydrogens (tertiary/aromatic N) is 6. The number of rotatable bonds is 5. The third-order valence-electron chi connectivity index (χ3n) is 6.31. The summed E-state index contributed by atoms with van der Waals surface area (Å²) in [4.78, 5) is 30.1. The van der Waals surface area contributed by atoms with E-state index >= 15 is 0 Å². The molecule has 5 rings (SSSR count). The summed E-state index contributed by atoms with van der Waals surface area (Å²) in [6.45, 7) is 5.80. The molecule has 4 heterocycles. The van der Waals surface area contributed by atoms with E-state index in [9.17, 15) is 23.1 Å². The largest absolute Gasteiger partial charge is 0.476 e. The number of hydrogen-bond donors (Lipinski definition) is 3. The number of imidazole rings is 1. The van der Waals surface area contributed by atoms with E-state index in [1.807, 2.05) is 12.1 Å². The number of aromatic nitrogens is 5. The first-order chi connectivity index (χ1) is 18.0. The van der Waals surface area contributed by atoms with Gasteiger partial charge in [-0.05, 0) is 38.1 Å². The van der Waals surface area contributed by atoms with Gasteiger partial charge in [0.2, 0.25) is 0 Å². The Morgan fingerprint density at radius 1 is 1.11 bits per heavy atom. The highest BCUT2D eigenvalue weighted by Crippen LogP contribution is 2.38. The number of fused-ring (bicyclic) bond motifs is 1. The SMILES string of the molecule is C[C@@H]1CN(c2ccc(Nc3nc(C(F)(F)F)c(-c4cncc5c4ncn5C)nc3C(=O)O)cc2)C[C@H](C)N1. The molecule has 1 saturated heterocycles. The van der Waals surface area contributed by atoms with Gasteiger partial charge in [-0.25, -0.2) is 19.7 Å². The van der Waals surface area contributed by atoms with E-state index < -0.39 is 35.0 Å². The number of carboxylic acid groups (broad SMARTS) is 1. The Morgan fingerprint density at radius 3 is 2.42 bits per heavy atom. The van der Waals surface area contributed by atoms with Gasteiger partial charge in [0.25, 0.3) is 0 Å². The first-order valence-corrected chi connectivity index (χ1v) is 11.9. The van der Waals surface area contributed by atoms with Crippen LogP contribution in [-0.2, 0) is 13.2 Å². The number of hydrogen-bond acceptors (Lipinski definition) is 8. The lowest BCUT2D eigenvalue weighted by Crippen LogP contribution is -2.54. The topological polar surface area (TPSA) is 121 Å². The fraction of sp³-hybridized carbons (Fsp3) is 0.320. The molecule has 0 aliphatic carbocycles. The molecule has 13 heteroatoms. The van der Waals surface area contributed by atoms with Crippen molar-refractivity contribution >= 4 is 34.2 Å². The fourth-order valence-electron chi connectivity index (χ4n) is 4.70. The van der Waals surface area contributed by atoms with Gasteiger partial charge in [-0.1, -0.05) is 0 Å². The van der Waals surface area contributed by atoms with E-state index in [0.717, 1.165) is 18.8 Å². The number of anilines is 3. The van der Waals surface area contributed by atoms with E-state index in [2.05, 4.69) is 49.3 Å². The van der Waals surface area contributed by atoms with Crippen LogP contribution < -0.4 is 15.5 Å². The fourth-order valence-corrected chi connectivity index (χ4v) is 4.70. The van der Waals surface area contributed by atoms with Gasteiger partial charge in [-0.2, -0.15) is 13.2 Å². The molecule has 198 valence electrons. The Hall–Kier alpha value is -4.26. The molecular formula is C25H25F3N8O2. The zero-order valence-corrected chi connectivity index (χ0v) is 20.8. The van der Waals surface area contributed by atoms with Gasteiger partial charge < -0.3 is 25.2 Å². The third-order valence-corrected chi connectivity index (χ3v) is 6.31. The van der Waals surface area contributed by atoms with Gasteiger partial charge in [0.05, 0.1) is 18.0 Å². The average Bonchev–Trinajstić information content (AvgIpc) is 3.24. The molecule has 2 atom stereocenters. The zero-order chi connectivity index (χ0) is 27.2. The van der Waals surface area contributed by atoms with Crippen molar-refractivity contribution in [1.82, 2.24) is 29.8 Å². The van der Waals surface area contributed by atoms with Crippen LogP contribution in [0.2, 0.25) is 0 Å². The molecule has 1 fully saturated rings. The van der Waals surface area contributed by atoms with Crippen molar-refractivity contribution in [3.8, 4) is 11.3 Å². The molecule has 0 spiro atoms. The molecule has 4 aromatic rings. The Balaban J connectivity index is 1.54. The molecule has 1 aliphatic rings. The van der Waals surface area contributed by atoms with Gasteiger partial charge in [0, 0.05) is 55.4 Å². The summed E-state index contributed by atoms with van der Waals surface area (Å²) in [6.07, 6.45) is -0.877. The molecule has 38 heavy (non-hydrogen) atoms. The summed E-state index contributed by atoms with van der Waals surface area (Å²) in [5.41, 5.74) is -0.745. The minimum absolute atomic E-state index is 0.0687. The van der Waals surface area contributed by atoms with Gasteiger partial charge in [0.1, 0.15) is 11.2 Å². The highest BCUT2D eigenvalue weighted by molar-refractivity contribution is 5.95. The Bertz CT molecular complexity index is 1490. The number of aryl methyl sites for hydroxylation is 1. The smallest absolute Gasteiger partial charge is 0.435 e. The van der Waals surface area contributed by atoms with Crippen molar-refractivity contribution in [2.45, 2.75) is 32.1 Å². The molecule has 0 bridgehead atoms. The molecule has 10 nitrogen and oxygen atoms in total. The van der Waals surface area contributed by atoms with Gasteiger partial charge in [-0.15, -0.1) is 0 Å². The van der Waals surface area contributed by atoms with Crippen LogP contribution in [0.15, 0.2) is 43.0 Å². The molecule has 0 amide bonds. The number of carbonyl (C=O) groups is 1. The second-order valence-corrected chi connectivity index (χ2v) is 9.38. The minimum atomic E-state index is -4.92. The van der Waals surface area contributed by atoms with Crippen molar-refractivity contribution in [1.29, 1.82) is 0 Å². The number of alkyl halides is 3. The van der Waals surface area contributed by atoms with E-state index in [1.165, 1.54) is 18.7 Å². The number of aromatic carboxylic acids is 1. The molecule has 0 saturated carbocycles. The van der Waals surface area contributed by atoms with E-state index in [0.29, 0.717) is 23.3 Å². The van der Waals surface area contributed by atoms with Crippen LogP contribution in [0.25, 0.3) is 22.3 Å².